The maximum absolute atomic E-state index is 13.5. The van der Waals surface area contributed by atoms with Gasteiger partial charge in [-0.05, 0) is 25.8 Å². The molecule has 0 aromatic carbocycles. The number of rotatable bonds is 5. The van der Waals surface area contributed by atoms with E-state index in [1.807, 2.05) is 19.5 Å². The highest BCUT2D eigenvalue weighted by Crippen LogP contribution is 2.60. The van der Waals surface area contributed by atoms with Crippen LogP contribution in [-0.2, 0) is 0 Å². The van der Waals surface area contributed by atoms with Crippen LogP contribution in [0.5, 0.6) is 0 Å². The van der Waals surface area contributed by atoms with Gasteiger partial charge in [0.15, 0.2) is 0 Å². The molecule has 7 nitrogen and oxygen atoms in total. The highest BCUT2D eigenvalue weighted by Gasteiger charge is 2.58. The summed E-state index contributed by atoms with van der Waals surface area (Å²) in [5, 5.41) is 8.90. The summed E-state index contributed by atoms with van der Waals surface area (Å²) in [6.45, 7) is 4.82. The van der Waals surface area contributed by atoms with Crippen molar-refractivity contribution < 1.29 is 4.79 Å². The number of allylic oxidation sites excluding steroid dienone is 1. The van der Waals surface area contributed by atoms with E-state index in [0.29, 0.717) is 17.2 Å². The lowest BCUT2D eigenvalue weighted by Crippen LogP contribution is -2.28. The number of carbonyl (C=O) groups is 1. The predicted octanol–water partition coefficient (Wildman–Crippen LogP) is 4.21. The molecule has 1 amide bonds. The highest BCUT2D eigenvalue weighted by atomic mass is 32.2. The SMILES string of the molecule is CCN(C)c1ncnc2sc(C(=O)N(C=N)C3=CC4CC45N=CSC5=CC3)c(C)c12. The van der Waals surface area contributed by atoms with Gasteiger partial charge in [-0.3, -0.25) is 20.1 Å². The zero-order chi connectivity index (χ0) is 21.0. The summed E-state index contributed by atoms with van der Waals surface area (Å²) in [4.78, 5) is 33.2. The minimum Gasteiger partial charge on any atom is -0.359 e. The third-order valence-electron chi connectivity index (χ3n) is 6.16. The third kappa shape index (κ3) is 2.75. The first-order valence-corrected chi connectivity index (χ1v) is 11.6. The Morgan fingerprint density at radius 3 is 3.03 bits per heavy atom. The standard InChI is InChI=1S/C21H22N6OS2/c1-4-26(3)18-16-12(2)17(30-19(16)24-10-23-18)20(28)27(9-22)14-5-6-15-21(25-11-29-15)8-13(21)7-14/h6-7,9-11,13,22H,4-5,8H2,1-3H3. The van der Waals surface area contributed by atoms with Crippen molar-refractivity contribution in [1.82, 2.24) is 14.9 Å². The van der Waals surface area contributed by atoms with Gasteiger partial charge in [-0.1, -0.05) is 23.9 Å². The molecule has 1 fully saturated rings. The van der Waals surface area contributed by atoms with Gasteiger partial charge < -0.3 is 4.90 Å². The number of nitrogens with zero attached hydrogens (tertiary/aromatic N) is 5. The zero-order valence-electron chi connectivity index (χ0n) is 17.0. The summed E-state index contributed by atoms with van der Waals surface area (Å²) in [5.41, 5.74) is 3.56. The van der Waals surface area contributed by atoms with Crippen molar-refractivity contribution in [3.05, 3.63) is 39.5 Å². The predicted molar refractivity (Wildman–Crippen MR) is 124 cm³/mol. The van der Waals surface area contributed by atoms with Crippen molar-refractivity contribution in [1.29, 1.82) is 5.41 Å². The third-order valence-corrected chi connectivity index (χ3v) is 8.33. The van der Waals surface area contributed by atoms with Crippen molar-refractivity contribution in [2.45, 2.75) is 32.2 Å². The van der Waals surface area contributed by atoms with Gasteiger partial charge in [0, 0.05) is 36.5 Å². The Hall–Kier alpha value is -2.52. The molecule has 5 rings (SSSR count). The van der Waals surface area contributed by atoms with Gasteiger partial charge in [0.2, 0.25) is 0 Å². The number of hydrogen-bond acceptors (Lipinski definition) is 8. The number of thiophene rings is 1. The van der Waals surface area contributed by atoms with Crippen LogP contribution in [0.3, 0.4) is 0 Å². The first-order chi connectivity index (χ1) is 14.5. The van der Waals surface area contributed by atoms with E-state index in [1.54, 1.807) is 18.1 Å². The second kappa shape index (κ2) is 7.02. The normalized spacial score (nSPS) is 23.9. The topological polar surface area (TPSA) is 85.5 Å². The number of aliphatic imine (C=N–C) groups is 1. The summed E-state index contributed by atoms with van der Waals surface area (Å²) in [6.07, 6.45) is 8.58. The first-order valence-electron chi connectivity index (χ1n) is 9.91. The van der Waals surface area contributed by atoms with Crippen LogP contribution in [-0.4, -0.2) is 51.8 Å². The molecule has 0 radical (unpaired) electrons. The molecule has 2 aromatic rings. The van der Waals surface area contributed by atoms with Crippen molar-refractivity contribution in [2.75, 3.05) is 18.5 Å². The van der Waals surface area contributed by atoms with Gasteiger partial charge >= 0.3 is 0 Å². The maximum atomic E-state index is 13.5. The molecule has 2 atom stereocenters. The zero-order valence-corrected chi connectivity index (χ0v) is 18.7. The molecule has 154 valence electrons. The smallest absolute Gasteiger partial charge is 0.273 e. The first kappa shape index (κ1) is 19.4. The molecule has 1 spiro atoms. The Morgan fingerprint density at radius 1 is 1.43 bits per heavy atom. The van der Waals surface area contributed by atoms with Crippen LogP contribution in [0.2, 0.25) is 0 Å². The summed E-state index contributed by atoms with van der Waals surface area (Å²) in [6, 6.07) is 0. The summed E-state index contributed by atoms with van der Waals surface area (Å²) < 4.78 is 0. The summed E-state index contributed by atoms with van der Waals surface area (Å²) in [5.74, 6) is 0.956. The average molecular weight is 439 g/mol. The van der Waals surface area contributed by atoms with Crippen LogP contribution >= 0.6 is 23.1 Å². The van der Waals surface area contributed by atoms with E-state index in [0.717, 1.165) is 46.6 Å². The molecule has 2 unspecified atom stereocenters. The lowest BCUT2D eigenvalue weighted by Gasteiger charge is -2.20. The van der Waals surface area contributed by atoms with Crippen LogP contribution in [0, 0.1) is 18.3 Å². The summed E-state index contributed by atoms with van der Waals surface area (Å²) in [7, 11) is 1.98. The Bertz CT molecular complexity index is 1170. The lowest BCUT2D eigenvalue weighted by atomic mass is 10.1. The van der Waals surface area contributed by atoms with Crippen LogP contribution in [0.25, 0.3) is 10.2 Å². The minimum absolute atomic E-state index is 0.0914. The van der Waals surface area contributed by atoms with Gasteiger partial charge in [-0.2, -0.15) is 0 Å². The molecule has 2 aromatic heterocycles. The van der Waals surface area contributed by atoms with E-state index < -0.39 is 0 Å². The number of fused-ring (bicyclic) bond motifs is 1. The highest BCUT2D eigenvalue weighted by molar-refractivity contribution is 8.15. The van der Waals surface area contributed by atoms with Crippen LogP contribution in [0.1, 0.15) is 35.0 Å². The molecule has 0 saturated heterocycles. The lowest BCUT2D eigenvalue weighted by molar-refractivity contribution is 0.0883. The molecule has 1 saturated carbocycles. The second-order valence-corrected chi connectivity index (χ2v) is 9.66. The summed E-state index contributed by atoms with van der Waals surface area (Å²) >= 11 is 3.05. The number of thioether (sulfide) groups is 1. The number of aryl methyl sites for hydroxylation is 1. The second-order valence-electron chi connectivity index (χ2n) is 7.77. The average Bonchev–Trinajstić information content (AvgIpc) is 3.17. The largest absolute Gasteiger partial charge is 0.359 e. The van der Waals surface area contributed by atoms with Gasteiger partial charge in [0.25, 0.3) is 5.91 Å². The van der Waals surface area contributed by atoms with E-state index in [9.17, 15) is 4.79 Å². The number of nitrogens with one attached hydrogen (secondary N) is 1. The molecular formula is C21H22N6OS2. The Morgan fingerprint density at radius 2 is 2.27 bits per heavy atom. The molecular weight excluding hydrogens is 416 g/mol. The fourth-order valence-corrected chi connectivity index (χ4v) is 6.33. The van der Waals surface area contributed by atoms with Gasteiger partial charge in [-0.15, -0.1) is 11.3 Å². The number of hydrogen-bond donors (Lipinski definition) is 1. The molecule has 9 heteroatoms. The molecule has 2 aliphatic carbocycles. The quantitative estimate of drug-likeness (QED) is 0.558. The van der Waals surface area contributed by atoms with E-state index in [2.05, 4.69) is 38.9 Å². The Kier molecular flexibility index (Phi) is 4.55. The number of aromatic nitrogens is 2. The van der Waals surface area contributed by atoms with E-state index in [1.165, 1.54) is 21.1 Å². The van der Waals surface area contributed by atoms with E-state index in [4.69, 9.17) is 5.41 Å². The van der Waals surface area contributed by atoms with Crippen molar-refractivity contribution in [2.24, 2.45) is 10.9 Å². The fraction of sp³-hybridized carbons (Fsp3) is 0.381. The molecule has 30 heavy (non-hydrogen) atoms. The van der Waals surface area contributed by atoms with Crippen LogP contribution in [0.4, 0.5) is 5.82 Å². The minimum atomic E-state index is -0.182. The molecule has 3 heterocycles. The number of anilines is 1. The molecule has 0 bridgehead atoms. The van der Waals surface area contributed by atoms with Gasteiger partial charge in [0.1, 0.15) is 17.0 Å². The van der Waals surface area contributed by atoms with Crippen molar-refractivity contribution >= 4 is 56.9 Å². The van der Waals surface area contributed by atoms with E-state index >= 15 is 0 Å². The molecule has 1 aliphatic heterocycles. The fourth-order valence-electron chi connectivity index (χ4n) is 4.23. The van der Waals surface area contributed by atoms with Gasteiger partial charge in [0.05, 0.1) is 27.7 Å². The van der Waals surface area contributed by atoms with Crippen molar-refractivity contribution in [3.63, 3.8) is 0 Å². The van der Waals surface area contributed by atoms with Crippen molar-refractivity contribution in [3.8, 4) is 0 Å². The Balaban J connectivity index is 1.52. The van der Waals surface area contributed by atoms with E-state index in [-0.39, 0.29) is 11.4 Å². The Labute approximate surface area is 183 Å². The molecule has 3 aliphatic rings. The van der Waals surface area contributed by atoms with Crippen LogP contribution in [0.15, 0.2) is 34.1 Å². The molecule has 1 N–H and O–H groups in total. The maximum Gasteiger partial charge on any atom is 0.273 e. The number of amides is 1. The van der Waals surface area contributed by atoms with Crippen LogP contribution < -0.4 is 4.90 Å². The number of carbonyl (C=O) groups excluding carboxylic acids is 1. The van der Waals surface area contributed by atoms with Gasteiger partial charge in [-0.25, -0.2) is 9.97 Å². The monoisotopic (exact) mass is 438 g/mol.